The van der Waals surface area contributed by atoms with Crippen molar-refractivity contribution in [2.24, 2.45) is 7.05 Å². The molecule has 3 rings (SSSR count). The Hall–Kier alpha value is -2.84. The summed E-state index contributed by atoms with van der Waals surface area (Å²) >= 11 is 0. The lowest BCUT2D eigenvalue weighted by atomic mass is 10.3. The number of aromatic nitrogens is 5. The molecule has 0 radical (unpaired) electrons. The molecule has 134 valence electrons. The second-order valence-corrected chi connectivity index (χ2v) is 6.05. The summed E-state index contributed by atoms with van der Waals surface area (Å²) in [6, 6.07) is -1.03. The molecule has 0 bridgehead atoms. The van der Waals surface area contributed by atoms with Crippen molar-refractivity contribution in [2.45, 2.75) is 40.3 Å². The number of nitrogens with zero attached hydrogens (tertiary/aromatic N) is 5. The highest BCUT2D eigenvalue weighted by atomic mass is 16.5. The number of methoxy groups -OCH3 is 1. The zero-order valence-electron chi connectivity index (χ0n) is 15.2. The maximum atomic E-state index is 13.1. The van der Waals surface area contributed by atoms with Crippen LogP contribution in [0.25, 0.3) is 16.9 Å². The van der Waals surface area contributed by atoms with E-state index in [2.05, 4.69) is 9.72 Å². The van der Waals surface area contributed by atoms with E-state index < -0.39 is 23.3 Å². The number of esters is 1. The molecule has 0 aliphatic carbocycles. The first kappa shape index (κ1) is 17.0. The molecule has 3 aromatic heterocycles. The van der Waals surface area contributed by atoms with Crippen molar-refractivity contribution < 1.29 is 9.53 Å². The first-order chi connectivity index (χ1) is 11.8. The maximum absolute atomic E-state index is 13.1. The number of hydrogen-bond acceptors (Lipinski definition) is 5. The van der Waals surface area contributed by atoms with E-state index in [4.69, 9.17) is 0 Å². The van der Waals surface area contributed by atoms with Gasteiger partial charge in [-0.15, -0.1) is 0 Å². The highest BCUT2D eigenvalue weighted by molar-refractivity contribution is 5.78. The van der Waals surface area contributed by atoms with E-state index in [-0.39, 0.29) is 5.52 Å². The standard InChI is InChI=1S/C16H21N5O4/c1-7-19-8(2)9(3)20-11-12(17-15(19)20)18(5)16(24)21(13(11)22)10(4)14(23)25-6/h10H,7H2,1-6H3/t10-/m1/s1. The van der Waals surface area contributed by atoms with Crippen LogP contribution in [0.3, 0.4) is 0 Å². The lowest BCUT2D eigenvalue weighted by Crippen LogP contribution is -2.43. The Morgan fingerprint density at radius 1 is 1.24 bits per heavy atom. The van der Waals surface area contributed by atoms with E-state index in [1.54, 1.807) is 4.40 Å². The summed E-state index contributed by atoms with van der Waals surface area (Å²) in [6.07, 6.45) is 0. The third-order valence-electron chi connectivity index (χ3n) is 4.82. The summed E-state index contributed by atoms with van der Waals surface area (Å²) in [4.78, 5) is 42.1. The minimum absolute atomic E-state index is 0.278. The minimum Gasteiger partial charge on any atom is -0.467 e. The Morgan fingerprint density at radius 3 is 2.44 bits per heavy atom. The number of imidazole rings is 2. The summed E-state index contributed by atoms with van der Waals surface area (Å²) in [7, 11) is 2.76. The summed E-state index contributed by atoms with van der Waals surface area (Å²) in [5.74, 6) is -0.0542. The molecular weight excluding hydrogens is 326 g/mol. The summed E-state index contributed by atoms with van der Waals surface area (Å²) < 4.78 is 10.6. The molecule has 0 N–H and O–H groups in total. The Balaban J connectivity index is 2.55. The third kappa shape index (κ3) is 2.08. The van der Waals surface area contributed by atoms with E-state index >= 15 is 0 Å². The molecule has 9 heteroatoms. The van der Waals surface area contributed by atoms with Gasteiger partial charge in [-0.3, -0.25) is 13.8 Å². The third-order valence-corrected chi connectivity index (χ3v) is 4.82. The van der Waals surface area contributed by atoms with Crippen LogP contribution in [0, 0.1) is 13.8 Å². The summed E-state index contributed by atoms with van der Waals surface area (Å²) in [6.45, 7) is 7.99. The number of fused-ring (bicyclic) bond motifs is 3. The predicted octanol–water partition coefficient (Wildman–Crippen LogP) is 0.520. The van der Waals surface area contributed by atoms with Crippen LogP contribution in [-0.4, -0.2) is 36.2 Å². The van der Waals surface area contributed by atoms with Crippen LogP contribution in [0.5, 0.6) is 0 Å². The number of aryl methyl sites for hydroxylation is 3. The summed E-state index contributed by atoms with van der Waals surface area (Å²) in [5.41, 5.74) is 1.28. The fraction of sp³-hybridized carbons (Fsp3) is 0.500. The molecule has 0 saturated heterocycles. The van der Waals surface area contributed by atoms with Gasteiger partial charge in [-0.25, -0.2) is 14.2 Å². The molecule has 0 unspecified atom stereocenters. The molecule has 9 nitrogen and oxygen atoms in total. The molecule has 0 aromatic carbocycles. The van der Waals surface area contributed by atoms with Crippen molar-refractivity contribution in [3.8, 4) is 0 Å². The van der Waals surface area contributed by atoms with Gasteiger partial charge in [0.15, 0.2) is 11.2 Å². The molecule has 0 amide bonds. The highest BCUT2D eigenvalue weighted by Gasteiger charge is 2.26. The van der Waals surface area contributed by atoms with Gasteiger partial charge in [0.1, 0.15) is 6.04 Å². The van der Waals surface area contributed by atoms with Gasteiger partial charge >= 0.3 is 11.7 Å². The van der Waals surface area contributed by atoms with Crippen LogP contribution in [0.2, 0.25) is 0 Å². The van der Waals surface area contributed by atoms with E-state index in [1.807, 2.05) is 25.3 Å². The first-order valence-corrected chi connectivity index (χ1v) is 8.03. The van der Waals surface area contributed by atoms with Crippen molar-refractivity contribution in [3.63, 3.8) is 0 Å². The molecule has 1 atom stereocenters. The molecule has 0 saturated carbocycles. The van der Waals surface area contributed by atoms with E-state index in [1.165, 1.54) is 25.6 Å². The fourth-order valence-electron chi connectivity index (χ4n) is 3.28. The maximum Gasteiger partial charge on any atom is 0.333 e. The van der Waals surface area contributed by atoms with Crippen LogP contribution in [-0.2, 0) is 23.1 Å². The minimum atomic E-state index is -1.03. The van der Waals surface area contributed by atoms with Crippen molar-refractivity contribution in [1.82, 2.24) is 23.1 Å². The van der Waals surface area contributed by atoms with Crippen LogP contribution < -0.4 is 11.2 Å². The normalized spacial score (nSPS) is 12.9. The Labute approximate surface area is 143 Å². The topological polar surface area (TPSA) is 92.5 Å². The van der Waals surface area contributed by atoms with Crippen molar-refractivity contribution >= 4 is 22.9 Å². The molecule has 0 spiro atoms. The quantitative estimate of drug-likeness (QED) is 0.644. The largest absolute Gasteiger partial charge is 0.467 e. The SMILES string of the molecule is CCn1c(C)c(C)n2c3c(=O)n([C@H](C)C(=O)OC)c(=O)n(C)c3nc12. The average Bonchev–Trinajstić information content (AvgIpc) is 3.08. The van der Waals surface area contributed by atoms with Gasteiger partial charge in [0.25, 0.3) is 5.56 Å². The zero-order valence-corrected chi connectivity index (χ0v) is 15.2. The number of ether oxygens (including phenoxy) is 1. The average molecular weight is 347 g/mol. The Bertz CT molecular complexity index is 1130. The monoisotopic (exact) mass is 347 g/mol. The lowest BCUT2D eigenvalue weighted by molar-refractivity contribution is -0.144. The second kappa shape index (κ2) is 5.61. The van der Waals surface area contributed by atoms with Crippen LogP contribution in [0.15, 0.2) is 9.59 Å². The Kier molecular flexibility index (Phi) is 3.81. The molecule has 25 heavy (non-hydrogen) atoms. The van der Waals surface area contributed by atoms with Gasteiger partial charge in [0, 0.05) is 25.0 Å². The number of hydrogen-bond donors (Lipinski definition) is 0. The zero-order chi connectivity index (χ0) is 18.6. The molecule has 0 aliphatic heterocycles. The lowest BCUT2D eigenvalue weighted by Gasteiger charge is -2.13. The first-order valence-electron chi connectivity index (χ1n) is 8.03. The number of carbonyl (C=O) groups excluding carboxylic acids is 1. The van der Waals surface area contributed by atoms with Crippen LogP contribution in [0.4, 0.5) is 0 Å². The van der Waals surface area contributed by atoms with Crippen molar-refractivity contribution in [3.05, 3.63) is 32.2 Å². The van der Waals surface area contributed by atoms with Crippen LogP contribution >= 0.6 is 0 Å². The second-order valence-electron chi connectivity index (χ2n) is 6.05. The van der Waals surface area contributed by atoms with Crippen molar-refractivity contribution in [1.29, 1.82) is 0 Å². The predicted molar refractivity (Wildman–Crippen MR) is 92.1 cm³/mol. The molecule has 3 aromatic rings. The smallest absolute Gasteiger partial charge is 0.333 e. The van der Waals surface area contributed by atoms with Gasteiger partial charge in [-0.05, 0) is 27.7 Å². The van der Waals surface area contributed by atoms with Gasteiger partial charge in [0.2, 0.25) is 5.78 Å². The van der Waals surface area contributed by atoms with Crippen LogP contribution in [0.1, 0.15) is 31.3 Å². The van der Waals surface area contributed by atoms with E-state index in [0.29, 0.717) is 18.0 Å². The highest BCUT2D eigenvalue weighted by Crippen LogP contribution is 2.20. The van der Waals surface area contributed by atoms with Gasteiger partial charge in [-0.1, -0.05) is 0 Å². The molecular formula is C16H21N5O4. The molecule has 0 aliphatic rings. The van der Waals surface area contributed by atoms with Gasteiger partial charge < -0.3 is 9.30 Å². The molecule has 0 fully saturated rings. The fourth-order valence-corrected chi connectivity index (χ4v) is 3.28. The van der Waals surface area contributed by atoms with Gasteiger partial charge in [0.05, 0.1) is 7.11 Å². The molecule has 3 heterocycles. The van der Waals surface area contributed by atoms with Gasteiger partial charge in [-0.2, -0.15) is 4.98 Å². The number of rotatable bonds is 3. The number of carbonyl (C=O) groups is 1. The summed E-state index contributed by atoms with van der Waals surface area (Å²) in [5, 5.41) is 0. The van der Waals surface area contributed by atoms with E-state index in [9.17, 15) is 14.4 Å². The van der Waals surface area contributed by atoms with Crippen molar-refractivity contribution in [2.75, 3.05) is 7.11 Å². The Morgan fingerprint density at radius 2 is 1.88 bits per heavy atom. The van der Waals surface area contributed by atoms with E-state index in [0.717, 1.165) is 16.0 Å².